The lowest BCUT2D eigenvalue weighted by Crippen LogP contribution is -2.64. The van der Waals surface area contributed by atoms with Crippen LogP contribution in [0, 0.1) is 0 Å². The van der Waals surface area contributed by atoms with E-state index in [-0.39, 0.29) is 12.3 Å². The van der Waals surface area contributed by atoms with Gasteiger partial charge in [0.15, 0.2) is 12.5 Å². The molecule has 0 aromatic carbocycles. The Bertz CT molecular complexity index is 1250. The van der Waals surface area contributed by atoms with Gasteiger partial charge in [-0.25, -0.2) is 13.9 Å². The standard InChI is InChI=1S/C17H27N3O17P2.2H3N/c1-6(22)18-10-13(26)11(24)7(4-21)35-16(10)36-39(31,32)37-38(29,30)33-5-8-12(25)14(27)15(34-8)20-3-2-9(23)19-17(20)28;;/h2-3,7-8,10-16,21,24-27H,4-5H2,1H3,(H,18,22)(H,29,30)(H,31,32)(H,19,23,28);2*1H3/t7-,8-,10-,11+,12-,13-,14-,15-,16-;;/m1../s1. The van der Waals surface area contributed by atoms with Gasteiger partial charge in [-0.1, -0.05) is 0 Å². The molecule has 238 valence electrons. The molecule has 2 unspecified atom stereocenters. The van der Waals surface area contributed by atoms with Gasteiger partial charge in [0, 0.05) is 19.2 Å². The number of carbonyl (C=O) groups excluding carboxylic acids is 1. The monoisotopic (exact) mass is 641 g/mol. The number of hydrogen-bond acceptors (Lipinski definition) is 17. The average Bonchev–Trinajstić information content (AvgIpc) is 3.10. The number of amides is 1. The molecule has 15 N–H and O–H groups in total. The van der Waals surface area contributed by atoms with Gasteiger partial charge < -0.3 is 62.4 Å². The van der Waals surface area contributed by atoms with Gasteiger partial charge in [0.25, 0.3) is 5.56 Å². The van der Waals surface area contributed by atoms with Crippen LogP contribution in [0.1, 0.15) is 13.2 Å². The number of nitrogens with zero attached hydrogens (tertiary/aromatic N) is 1. The number of H-pyrrole nitrogens is 1. The molecule has 3 rings (SSSR count). The fraction of sp³-hybridized carbons (Fsp3) is 0.706. The SMILES string of the molecule is CC(=O)N[C@H]1[C@@H](OP(=O)(O)OP(=O)(O)OC[C@H]2O[C@@H](n3ccc(=O)[nH]c3=O)[C@H](O)[C@@H]2O)O[C@H](CO)[C@H](O)[C@@H]1O.N.N. The number of hydrogen-bond donors (Lipinski definition) is 11. The van der Waals surface area contributed by atoms with Gasteiger partial charge in [0.1, 0.15) is 42.7 Å². The first-order chi connectivity index (χ1) is 18.0. The molecule has 0 saturated carbocycles. The van der Waals surface area contributed by atoms with E-state index >= 15 is 0 Å². The number of aliphatic hydroxyl groups excluding tert-OH is 5. The summed E-state index contributed by atoms with van der Waals surface area (Å²) in [4.78, 5) is 56.4. The third-order valence-electron chi connectivity index (χ3n) is 5.56. The van der Waals surface area contributed by atoms with Gasteiger partial charge in [-0.05, 0) is 0 Å². The Morgan fingerprint density at radius 1 is 1.02 bits per heavy atom. The molecular weight excluding hydrogens is 608 g/mol. The summed E-state index contributed by atoms with van der Waals surface area (Å²) in [5.41, 5.74) is -1.75. The Hall–Kier alpha value is -1.95. The van der Waals surface area contributed by atoms with E-state index in [0.717, 1.165) is 23.8 Å². The predicted octanol–water partition coefficient (Wildman–Crippen LogP) is -4.33. The summed E-state index contributed by atoms with van der Waals surface area (Å²) in [6.45, 7) is -0.940. The third-order valence-corrected chi connectivity index (χ3v) is 8.16. The van der Waals surface area contributed by atoms with Crippen LogP contribution in [0.3, 0.4) is 0 Å². The highest BCUT2D eigenvalue weighted by molar-refractivity contribution is 7.61. The highest BCUT2D eigenvalue weighted by Gasteiger charge is 2.50. The number of nitrogens with one attached hydrogen (secondary N) is 2. The molecule has 0 radical (unpaired) electrons. The summed E-state index contributed by atoms with van der Waals surface area (Å²) < 4.78 is 49.2. The second-order valence-corrected chi connectivity index (χ2v) is 11.4. The van der Waals surface area contributed by atoms with Crippen molar-refractivity contribution in [2.75, 3.05) is 13.2 Å². The molecule has 0 bridgehead atoms. The van der Waals surface area contributed by atoms with Crippen molar-refractivity contribution in [1.82, 2.24) is 27.2 Å². The van der Waals surface area contributed by atoms with Crippen molar-refractivity contribution in [1.29, 1.82) is 0 Å². The molecule has 0 spiro atoms. The first-order valence-corrected chi connectivity index (χ1v) is 14.0. The van der Waals surface area contributed by atoms with E-state index in [1.165, 1.54) is 0 Å². The molecule has 2 fully saturated rings. The van der Waals surface area contributed by atoms with Crippen LogP contribution in [-0.4, -0.2) is 113 Å². The molecule has 3 heterocycles. The van der Waals surface area contributed by atoms with Crippen molar-refractivity contribution in [3.63, 3.8) is 0 Å². The number of carbonyl (C=O) groups is 1. The number of aliphatic hydroxyl groups is 5. The Labute approximate surface area is 229 Å². The molecule has 2 aliphatic heterocycles. The fourth-order valence-electron chi connectivity index (χ4n) is 3.76. The van der Waals surface area contributed by atoms with Crippen molar-refractivity contribution in [3.8, 4) is 0 Å². The zero-order chi connectivity index (χ0) is 29.3. The Kier molecular flexibility index (Phi) is 13.1. The van der Waals surface area contributed by atoms with E-state index in [0.29, 0.717) is 0 Å². The van der Waals surface area contributed by atoms with E-state index < -0.39 is 101 Å². The smallest absolute Gasteiger partial charge is 0.394 e. The van der Waals surface area contributed by atoms with E-state index in [2.05, 4.69) is 18.7 Å². The molecule has 2 aliphatic rings. The van der Waals surface area contributed by atoms with Gasteiger partial charge in [-0.15, -0.1) is 0 Å². The van der Waals surface area contributed by atoms with Crippen LogP contribution in [0.5, 0.6) is 0 Å². The van der Waals surface area contributed by atoms with Gasteiger partial charge >= 0.3 is 21.3 Å². The summed E-state index contributed by atoms with van der Waals surface area (Å²) in [5.74, 6) is -0.796. The Balaban J connectivity index is 0.00000420. The number of rotatable bonds is 10. The normalized spacial score (nSPS) is 34.4. The Morgan fingerprint density at radius 3 is 2.20 bits per heavy atom. The zero-order valence-electron chi connectivity index (χ0n) is 21.2. The van der Waals surface area contributed by atoms with Crippen molar-refractivity contribution in [3.05, 3.63) is 33.1 Å². The van der Waals surface area contributed by atoms with Crippen molar-refractivity contribution >= 4 is 21.6 Å². The maximum Gasteiger partial charge on any atom is 0.483 e. The first-order valence-electron chi connectivity index (χ1n) is 11.0. The molecule has 1 amide bonds. The number of aromatic nitrogens is 2. The second-order valence-electron chi connectivity index (χ2n) is 8.42. The lowest BCUT2D eigenvalue weighted by Gasteiger charge is -2.42. The van der Waals surface area contributed by atoms with Crippen molar-refractivity contribution in [2.45, 2.75) is 62.1 Å². The molecular formula is C17H33N5O17P2. The molecule has 41 heavy (non-hydrogen) atoms. The fourth-order valence-corrected chi connectivity index (χ4v) is 5.92. The summed E-state index contributed by atoms with van der Waals surface area (Å²) >= 11 is 0. The van der Waals surface area contributed by atoms with Gasteiger partial charge in [-0.2, -0.15) is 4.31 Å². The first kappa shape index (κ1) is 37.1. The Morgan fingerprint density at radius 2 is 1.63 bits per heavy atom. The number of phosphoric ester groups is 2. The van der Waals surface area contributed by atoms with E-state index in [4.69, 9.17) is 9.47 Å². The highest BCUT2D eigenvalue weighted by Crippen LogP contribution is 2.61. The van der Waals surface area contributed by atoms with Crippen LogP contribution in [0.2, 0.25) is 0 Å². The lowest BCUT2D eigenvalue weighted by molar-refractivity contribution is -0.247. The van der Waals surface area contributed by atoms with Crippen LogP contribution in [0.4, 0.5) is 0 Å². The van der Waals surface area contributed by atoms with Crippen LogP contribution in [0.25, 0.3) is 0 Å². The van der Waals surface area contributed by atoms with Crippen molar-refractivity contribution in [2.24, 2.45) is 0 Å². The van der Waals surface area contributed by atoms with Crippen LogP contribution < -0.4 is 28.9 Å². The maximum atomic E-state index is 12.4. The quantitative estimate of drug-likeness (QED) is 0.108. The molecule has 22 nitrogen and oxygen atoms in total. The van der Waals surface area contributed by atoms with E-state index in [1.54, 1.807) is 0 Å². The topological polar surface area (TPSA) is 376 Å². The molecule has 2 saturated heterocycles. The van der Waals surface area contributed by atoms with E-state index in [1.807, 2.05) is 4.98 Å². The van der Waals surface area contributed by atoms with Crippen LogP contribution in [-0.2, 0) is 36.8 Å². The number of ether oxygens (including phenoxy) is 2. The van der Waals surface area contributed by atoms with Crippen molar-refractivity contribution < 1.29 is 72.1 Å². The summed E-state index contributed by atoms with van der Waals surface area (Å²) in [5, 5.41) is 51.9. The minimum atomic E-state index is -5.63. The number of phosphoric acid groups is 2. The van der Waals surface area contributed by atoms with Crippen LogP contribution in [0.15, 0.2) is 21.9 Å². The minimum Gasteiger partial charge on any atom is -0.394 e. The second kappa shape index (κ2) is 14.5. The maximum absolute atomic E-state index is 12.4. The molecule has 11 atom stereocenters. The van der Waals surface area contributed by atoms with Crippen LogP contribution >= 0.6 is 15.6 Å². The molecule has 1 aromatic heterocycles. The largest absolute Gasteiger partial charge is 0.483 e. The van der Waals surface area contributed by atoms with Gasteiger partial charge in [-0.3, -0.25) is 28.2 Å². The van der Waals surface area contributed by atoms with Gasteiger partial charge in [0.05, 0.1) is 13.2 Å². The summed E-state index contributed by atoms with van der Waals surface area (Å²) in [6.07, 6.45) is -13.0. The van der Waals surface area contributed by atoms with Gasteiger partial charge in [0.2, 0.25) is 5.91 Å². The summed E-state index contributed by atoms with van der Waals surface area (Å²) in [7, 11) is -11.1. The minimum absolute atomic E-state index is 0. The molecule has 1 aromatic rings. The molecule has 24 heteroatoms. The highest BCUT2D eigenvalue weighted by atomic mass is 31.3. The average molecular weight is 641 g/mol. The lowest BCUT2D eigenvalue weighted by atomic mass is 9.97. The summed E-state index contributed by atoms with van der Waals surface area (Å²) in [6, 6.07) is -0.766. The van der Waals surface area contributed by atoms with E-state index in [9.17, 15) is 58.8 Å². The predicted molar refractivity (Wildman–Crippen MR) is 130 cm³/mol. The molecule has 0 aliphatic carbocycles. The zero-order valence-corrected chi connectivity index (χ0v) is 23.0. The third kappa shape index (κ3) is 9.02. The number of aromatic amines is 1.